The van der Waals surface area contributed by atoms with Gasteiger partial charge in [0.05, 0.1) is 11.0 Å². The Labute approximate surface area is 104 Å². The minimum absolute atomic E-state index is 0.277. The summed E-state index contributed by atoms with van der Waals surface area (Å²) in [5.41, 5.74) is 7.47. The van der Waals surface area contributed by atoms with Crippen molar-refractivity contribution in [2.75, 3.05) is 0 Å². The Balaban J connectivity index is 2.03. The molecule has 1 aromatic carbocycles. The second kappa shape index (κ2) is 4.14. The first-order chi connectivity index (χ1) is 8.74. The van der Waals surface area contributed by atoms with Gasteiger partial charge in [0.2, 0.25) is 5.91 Å². The van der Waals surface area contributed by atoms with Crippen molar-refractivity contribution in [3.63, 3.8) is 0 Å². The van der Waals surface area contributed by atoms with E-state index in [0.717, 1.165) is 23.3 Å². The van der Waals surface area contributed by atoms with Crippen LogP contribution in [0.3, 0.4) is 0 Å². The van der Waals surface area contributed by atoms with Gasteiger partial charge in [0, 0.05) is 11.5 Å². The van der Waals surface area contributed by atoms with Crippen LogP contribution in [0.25, 0.3) is 11.0 Å². The minimum atomic E-state index is -0.423. The maximum atomic E-state index is 11.1. The van der Waals surface area contributed by atoms with Crippen molar-refractivity contribution < 1.29 is 4.79 Å². The number of aromatic nitrogens is 2. The van der Waals surface area contributed by atoms with Crippen molar-refractivity contribution >= 4 is 16.9 Å². The number of nitrogens with one attached hydrogen (secondary N) is 1. The molecule has 0 saturated heterocycles. The number of carbonyl (C=O) groups is 1. The second-order valence-electron chi connectivity index (χ2n) is 4.37. The Morgan fingerprint density at radius 1 is 1.39 bits per heavy atom. The van der Waals surface area contributed by atoms with Crippen LogP contribution in [-0.2, 0) is 0 Å². The molecule has 90 valence electrons. The van der Waals surface area contributed by atoms with Gasteiger partial charge in [0.1, 0.15) is 5.82 Å². The van der Waals surface area contributed by atoms with E-state index in [1.54, 1.807) is 12.1 Å². The van der Waals surface area contributed by atoms with Gasteiger partial charge in [0.25, 0.3) is 0 Å². The molecule has 3 N–H and O–H groups in total. The van der Waals surface area contributed by atoms with Crippen LogP contribution in [-0.4, -0.2) is 15.9 Å². The minimum Gasteiger partial charge on any atom is -0.366 e. The van der Waals surface area contributed by atoms with E-state index in [1.165, 1.54) is 0 Å². The number of nitrogens with two attached hydrogens (primary N) is 1. The quantitative estimate of drug-likeness (QED) is 0.843. The number of allylic oxidation sites excluding steroid dienone is 4. The first kappa shape index (κ1) is 10.8. The van der Waals surface area contributed by atoms with Crippen LogP contribution in [0.4, 0.5) is 0 Å². The van der Waals surface area contributed by atoms with Crippen molar-refractivity contribution in [1.29, 1.82) is 0 Å². The second-order valence-corrected chi connectivity index (χ2v) is 4.37. The van der Waals surface area contributed by atoms with Gasteiger partial charge in [-0.15, -0.1) is 0 Å². The van der Waals surface area contributed by atoms with Crippen molar-refractivity contribution in [2.24, 2.45) is 5.73 Å². The maximum absolute atomic E-state index is 11.1. The predicted molar refractivity (Wildman–Crippen MR) is 70.2 cm³/mol. The van der Waals surface area contributed by atoms with Gasteiger partial charge in [-0.25, -0.2) is 4.98 Å². The normalized spacial score (nSPS) is 18.3. The number of H-pyrrole nitrogens is 1. The van der Waals surface area contributed by atoms with Gasteiger partial charge in [-0.05, 0) is 24.6 Å². The molecule has 1 aromatic heterocycles. The Bertz CT molecular complexity index is 667. The number of aromatic amines is 1. The highest BCUT2D eigenvalue weighted by Crippen LogP contribution is 2.24. The summed E-state index contributed by atoms with van der Waals surface area (Å²) in [6.45, 7) is 0. The average Bonchev–Trinajstić information content (AvgIpc) is 2.82. The molecule has 2 aromatic rings. The molecule has 1 aliphatic carbocycles. The fourth-order valence-corrected chi connectivity index (χ4v) is 2.14. The molecule has 3 rings (SSSR count). The van der Waals surface area contributed by atoms with E-state index in [-0.39, 0.29) is 5.92 Å². The van der Waals surface area contributed by atoms with E-state index < -0.39 is 5.91 Å². The third kappa shape index (κ3) is 1.82. The van der Waals surface area contributed by atoms with Crippen LogP contribution in [0.2, 0.25) is 0 Å². The lowest BCUT2D eigenvalue weighted by Crippen LogP contribution is -2.10. The number of fused-ring (bicyclic) bond motifs is 1. The third-order valence-electron chi connectivity index (χ3n) is 3.12. The summed E-state index contributed by atoms with van der Waals surface area (Å²) in [5.74, 6) is 0.778. The number of benzene rings is 1. The number of nitrogens with zero attached hydrogens (tertiary/aromatic N) is 1. The summed E-state index contributed by atoms with van der Waals surface area (Å²) in [6, 6.07) is 5.26. The lowest BCUT2D eigenvalue weighted by molar-refractivity contribution is 0.100. The molecular formula is C14H13N3O. The van der Waals surface area contributed by atoms with Gasteiger partial charge >= 0.3 is 0 Å². The van der Waals surface area contributed by atoms with Crippen LogP contribution < -0.4 is 5.73 Å². The number of hydrogen-bond donors (Lipinski definition) is 2. The molecule has 1 unspecified atom stereocenters. The molecule has 0 spiro atoms. The summed E-state index contributed by atoms with van der Waals surface area (Å²) in [7, 11) is 0. The largest absolute Gasteiger partial charge is 0.366 e. The van der Waals surface area contributed by atoms with E-state index >= 15 is 0 Å². The van der Waals surface area contributed by atoms with E-state index in [1.807, 2.05) is 18.2 Å². The first-order valence-electron chi connectivity index (χ1n) is 5.87. The van der Waals surface area contributed by atoms with E-state index in [0.29, 0.717) is 5.56 Å². The molecule has 0 radical (unpaired) electrons. The van der Waals surface area contributed by atoms with Crippen LogP contribution in [0.15, 0.2) is 42.5 Å². The molecule has 1 amide bonds. The molecular weight excluding hydrogens is 226 g/mol. The van der Waals surface area contributed by atoms with Crippen molar-refractivity contribution in [3.05, 3.63) is 53.9 Å². The van der Waals surface area contributed by atoms with Crippen LogP contribution in [0.1, 0.15) is 28.5 Å². The van der Waals surface area contributed by atoms with Crippen LogP contribution >= 0.6 is 0 Å². The summed E-state index contributed by atoms with van der Waals surface area (Å²) in [6.07, 6.45) is 9.24. The molecule has 1 atom stereocenters. The number of carbonyl (C=O) groups excluding carboxylic acids is 1. The fraction of sp³-hybridized carbons (Fsp3) is 0.143. The summed E-state index contributed by atoms with van der Waals surface area (Å²) < 4.78 is 0. The van der Waals surface area contributed by atoms with Gasteiger partial charge < -0.3 is 10.7 Å². The highest BCUT2D eigenvalue weighted by atomic mass is 16.1. The van der Waals surface area contributed by atoms with E-state index in [9.17, 15) is 4.79 Å². The number of hydrogen-bond acceptors (Lipinski definition) is 2. The van der Waals surface area contributed by atoms with Gasteiger partial charge in [-0.1, -0.05) is 24.3 Å². The van der Waals surface area contributed by atoms with Crippen molar-refractivity contribution in [1.82, 2.24) is 9.97 Å². The zero-order chi connectivity index (χ0) is 12.5. The highest BCUT2D eigenvalue weighted by Gasteiger charge is 2.13. The van der Waals surface area contributed by atoms with Gasteiger partial charge in [-0.3, -0.25) is 4.79 Å². The molecule has 0 saturated carbocycles. The first-order valence-corrected chi connectivity index (χ1v) is 5.87. The zero-order valence-electron chi connectivity index (χ0n) is 9.76. The molecule has 1 aliphatic rings. The van der Waals surface area contributed by atoms with E-state index in [2.05, 4.69) is 22.1 Å². The molecule has 1 heterocycles. The summed E-state index contributed by atoms with van der Waals surface area (Å²) >= 11 is 0. The van der Waals surface area contributed by atoms with Crippen LogP contribution in [0.5, 0.6) is 0 Å². The smallest absolute Gasteiger partial charge is 0.248 e. The highest BCUT2D eigenvalue weighted by molar-refractivity contribution is 5.96. The topological polar surface area (TPSA) is 71.8 Å². The predicted octanol–water partition coefficient (Wildman–Crippen LogP) is 2.26. The Morgan fingerprint density at radius 3 is 3.00 bits per heavy atom. The van der Waals surface area contributed by atoms with E-state index in [4.69, 9.17) is 5.73 Å². The third-order valence-corrected chi connectivity index (χ3v) is 3.12. The zero-order valence-corrected chi connectivity index (χ0v) is 9.76. The Morgan fingerprint density at radius 2 is 2.28 bits per heavy atom. The SMILES string of the molecule is NC(=O)c1ccc2nc(C3C=CC=CC3)[nH]c2c1. The molecule has 0 bridgehead atoms. The van der Waals surface area contributed by atoms with Gasteiger partial charge in [0.15, 0.2) is 0 Å². The van der Waals surface area contributed by atoms with Crippen LogP contribution in [0, 0.1) is 0 Å². The Hall–Kier alpha value is -2.36. The monoisotopic (exact) mass is 239 g/mol. The standard InChI is InChI=1S/C14H13N3O/c15-13(18)10-6-7-11-12(8-10)17-14(16-11)9-4-2-1-3-5-9/h1-4,6-9H,5H2,(H2,15,18)(H,16,17). The van der Waals surface area contributed by atoms with Crippen molar-refractivity contribution in [2.45, 2.75) is 12.3 Å². The molecule has 4 nitrogen and oxygen atoms in total. The molecule has 0 aliphatic heterocycles. The molecule has 4 heteroatoms. The molecule has 18 heavy (non-hydrogen) atoms. The summed E-state index contributed by atoms with van der Waals surface area (Å²) in [5, 5.41) is 0. The Kier molecular flexibility index (Phi) is 2.48. The van der Waals surface area contributed by atoms with Crippen molar-refractivity contribution in [3.8, 4) is 0 Å². The number of primary amides is 1. The number of amides is 1. The number of rotatable bonds is 2. The van der Waals surface area contributed by atoms with Gasteiger partial charge in [-0.2, -0.15) is 0 Å². The lowest BCUT2D eigenvalue weighted by Gasteiger charge is -2.08. The molecule has 0 fully saturated rings. The lowest BCUT2D eigenvalue weighted by atomic mass is 10.0. The number of imidazole rings is 1. The summed E-state index contributed by atoms with van der Waals surface area (Å²) in [4.78, 5) is 18.9. The average molecular weight is 239 g/mol. The maximum Gasteiger partial charge on any atom is 0.248 e. The fourth-order valence-electron chi connectivity index (χ4n) is 2.14.